The first kappa shape index (κ1) is 12.2. The van der Waals surface area contributed by atoms with Crippen LogP contribution in [-0.4, -0.2) is 18.6 Å². The van der Waals surface area contributed by atoms with Crippen molar-refractivity contribution in [2.45, 2.75) is 11.1 Å². The van der Waals surface area contributed by atoms with E-state index in [-0.39, 0.29) is 10.9 Å². The van der Waals surface area contributed by atoms with E-state index in [4.69, 9.17) is 10.7 Å². The molecule has 0 saturated heterocycles. The number of nitrogens with one attached hydrogen (secondary N) is 1. The van der Waals surface area contributed by atoms with Crippen LogP contribution >= 0.6 is 10.7 Å². The van der Waals surface area contributed by atoms with Crippen molar-refractivity contribution < 1.29 is 21.6 Å². The molecule has 4 nitrogen and oxygen atoms in total. The Kier molecular flexibility index (Phi) is 2.58. The lowest BCUT2D eigenvalue weighted by molar-refractivity contribution is -0.137. The van der Waals surface area contributed by atoms with Crippen LogP contribution in [0, 0.1) is 0 Å². The van der Waals surface area contributed by atoms with Gasteiger partial charge in [-0.25, -0.2) is 8.42 Å². The van der Waals surface area contributed by atoms with Gasteiger partial charge in [0.25, 0.3) is 9.05 Å². The van der Waals surface area contributed by atoms with E-state index in [0.717, 1.165) is 12.3 Å². The van der Waals surface area contributed by atoms with Gasteiger partial charge in [-0.3, -0.25) is 5.10 Å². The fraction of sp³-hybridized carbons (Fsp3) is 0.125. The van der Waals surface area contributed by atoms with Crippen LogP contribution in [0.2, 0.25) is 0 Å². The predicted octanol–water partition coefficient (Wildman–Crippen LogP) is 2.51. The summed E-state index contributed by atoms with van der Waals surface area (Å²) >= 11 is 0. The second-order valence-corrected chi connectivity index (χ2v) is 5.78. The van der Waals surface area contributed by atoms with E-state index in [2.05, 4.69) is 10.2 Å². The lowest BCUT2D eigenvalue weighted by Crippen LogP contribution is -2.06. The van der Waals surface area contributed by atoms with E-state index < -0.39 is 25.7 Å². The van der Waals surface area contributed by atoms with Crippen LogP contribution in [0.25, 0.3) is 10.9 Å². The van der Waals surface area contributed by atoms with Crippen molar-refractivity contribution in [2.24, 2.45) is 0 Å². The van der Waals surface area contributed by atoms with E-state index in [0.29, 0.717) is 6.07 Å². The molecule has 0 unspecified atom stereocenters. The van der Waals surface area contributed by atoms with Crippen LogP contribution < -0.4 is 0 Å². The van der Waals surface area contributed by atoms with Crippen LogP contribution in [-0.2, 0) is 15.2 Å². The Hall–Kier alpha value is -1.28. The fourth-order valence-electron chi connectivity index (χ4n) is 1.38. The minimum atomic E-state index is -4.65. The molecule has 2 aromatic rings. The molecule has 2 rings (SSSR count). The molecule has 0 bridgehead atoms. The molecular weight excluding hydrogens is 281 g/mol. The molecule has 0 radical (unpaired) electrons. The van der Waals surface area contributed by atoms with Gasteiger partial charge in [0.05, 0.1) is 17.3 Å². The summed E-state index contributed by atoms with van der Waals surface area (Å²) in [5.74, 6) is 0. The normalized spacial score (nSPS) is 13.2. The maximum atomic E-state index is 12.5. The van der Waals surface area contributed by atoms with E-state index in [9.17, 15) is 21.6 Å². The Balaban J connectivity index is 2.86. The van der Waals surface area contributed by atoms with Crippen molar-refractivity contribution in [2.75, 3.05) is 0 Å². The third-order valence-electron chi connectivity index (χ3n) is 2.10. The first-order valence-corrected chi connectivity index (χ1v) is 6.49. The van der Waals surface area contributed by atoms with E-state index in [1.165, 1.54) is 0 Å². The SMILES string of the molecule is O=S(=O)(Cl)c1cc(C(F)(F)F)cc2cn[nH]c12. The summed E-state index contributed by atoms with van der Waals surface area (Å²) in [5, 5.41) is 5.80. The quantitative estimate of drug-likeness (QED) is 0.819. The molecule has 0 aliphatic rings. The largest absolute Gasteiger partial charge is 0.416 e. The van der Waals surface area contributed by atoms with Gasteiger partial charge in [-0.15, -0.1) is 0 Å². The molecule has 0 fully saturated rings. The van der Waals surface area contributed by atoms with Crippen molar-refractivity contribution in [3.8, 4) is 0 Å². The number of aromatic nitrogens is 2. The number of halogens is 4. The summed E-state index contributed by atoms with van der Waals surface area (Å²) in [6, 6.07) is 1.27. The monoisotopic (exact) mass is 284 g/mol. The molecule has 0 aliphatic heterocycles. The first-order chi connectivity index (χ1) is 7.69. The standard InChI is InChI=1S/C8H4ClF3N2O2S/c9-17(15,16)6-2-5(8(10,11)12)1-4-3-13-14-7(4)6/h1-3H,(H,13,14). The molecule has 17 heavy (non-hydrogen) atoms. The van der Waals surface area contributed by atoms with Crippen molar-refractivity contribution >= 4 is 30.6 Å². The van der Waals surface area contributed by atoms with Gasteiger partial charge >= 0.3 is 6.18 Å². The Labute approximate surface area is 97.8 Å². The number of H-pyrrole nitrogens is 1. The molecule has 9 heteroatoms. The van der Waals surface area contributed by atoms with Crippen LogP contribution in [0.3, 0.4) is 0 Å². The number of fused-ring (bicyclic) bond motifs is 1. The van der Waals surface area contributed by atoms with Gasteiger partial charge in [-0.1, -0.05) is 0 Å². The van der Waals surface area contributed by atoms with Gasteiger partial charge in [-0.05, 0) is 12.1 Å². The van der Waals surface area contributed by atoms with Crippen molar-refractivity contribution in [3.05, 3.63) is 23.9 Å². The highest BCUT2D eigenvalue weighted by atomic mass is 35.7. The zero-order chi connectivity index (χ0) is 12.8. The third kappa shape index (κ3) is 2.22. The number of alkyl halides is 3. The highest BCUT2D eigenvalue weighted by Gasteiger charge is 2.33. The molecule has 1 N–H and O–H groups in total. The second kappa shape index (κ2) is 3.61. The molecule has 0 saturated carbocycles. The summed E-state index contributed by atoms with van der Waals surface area (Å²) in [5.41, 5.74) is -1.14. The first-order valence-electron chi connectivity index (χ1n) is 4.18. The minimum Gasteiger partial charge on any atom is -0.276 e. The highest BCUT2D eigenvalue weighted by molar-refractivity contribution is 8.14. The van der Waals surface area contributed by atoms with Crippen LogP contribution in [0.15, 0.2) is 23.2 Å². The van der Waals surface area contributed by atoms with Gasteiger partial charge < -0.3 is 0 Å². The number of hydrogen-bond donors (Lipinski definition) is 1. The Morgan fingerprint density at radius 3 is 2.47 bits per heavy atom. The number of benzene rings is 1. The highest BCUT2D eigenvalue weighted by Crippen LogP contribution is 2.34. The van der Waals surface area contributed by atoms with Crippen molar-refractivity contribution in [1.29, 1.82) is 0 Å². The van der Waals surface area contributed by atoms with Gasteiger partial charge in [-0.2, -0.15) is 18.3 Å². The van der Waals surface area contributed by atoms with Crippen LogP contribution in [0.1, 0.15) is 5.56 Å². The Morgan fingerprint density at radius 1 is 1.29 bits per heavy atom. The van der Waals surface area contributed by atoms with Crippen molar-refractivity contribution in [1.82, 2.24) is 10.2 Å². The predicted molar refractivity (Wildman–Crippen MR) is 54.1 cm³/mol. The lowest BCUT2D eigenvalue weighted by Gasteiger charge is -2.08. The van der Waals surface area contributed by atoms with E-state index >= 15 is 0 Å². The van der Waals surface area contributed by atoms with Gasteiger partial charge in [0.1, 0.15) is 4.90 Å². The number of nitrogens with zero attached hydrogens (tertiary/aromatic N) is 1. The molecule has 1 aromatic heterocycles. The molecule has 0 atom stereocenters. The maximum absolute atomic E-state index is 12.5. The Morgan fingerprint density at radius 2 is 1.94 bits per heavy atom. The summed E-state index contributed by atoms with van der Waals surface area (Å²) in [6.45, 7) is 0. The molecule has 0 amide bonds. The zero-order valence-electron chi connectivity index (χ0n) is 7.92. The topological polar surface area (TPSA) is 62.8 Å². The summed E-state index contributed by atoms with van der Waals surface area (Å²) in [4.78, 5) is -0.638. The smallest absolute Gasteiger partial charge is 0.276 e. The summed E-state index contributed by atoms with van der Waals surface area (Å²) < 4.78 is 59.9. The number of aromatic amines is 1. The average Bonchev–Trinajstić information content (AvgIpc) is 2.59. The fourth-order valence-corrected chi connectivity index (χ4v) is 2.42. The summed E-state index contributed by atoms with van der Waals surface area (Å²) in [6.07, 6.45) is -3.56. The minimum absolute atomic E-state index is 0.0269. The second-order valence-electron chi connectivity index (χ2n) is 3.24. The van der Waals surface area contributed by atoms with Gasteiger partial charge in [0.15, 0.2) is 0 Å². The maximum Gasteiger partial charge on any atom is 0.416 e. The molecular formula is C8H4ClF3N2O2S. The molecule has 92 valence electrons. The van der Waals surface area contributed by atoms with Crippen LogP contribution in [0.4, 0.5) is 13.2 Å². The van der Waals surface area contributed by atoms with Crippen molar-refractivity contribution in [3.63, 3.8) is 0 Å². The van der Waals surface area contributed by atoms with Crippen LogP contribution in [0.5, 0.6) is 0 Å². The third-order valence-corrected chi connectivity index (χ3v) is 3.45. The molecule has 1 aromatic carbocycles. The molecule has 1 heterocycles. The van der Waals surface area contributed by atoms with E-state index in [1.54, 1.807) is 0 Å². The number of rotatable bonds is 1. The van der Waals surface area contributed by atoms with E-state index in [1.807, 2.05) is 0 Å². The number of hydrogen-bond acceptors (Lipinski definition) is 3. The Bertz CT molecular complexity index is 678. The molecule has 0 aliphatic carbocycles. The van der Waals surface area contributed by atoms with Gasteiger partial charge in [0, 0.05) is 16.1 Å². The average molecular weight is 285 g/mol. The summed E-state index contributed by atoms with van der Waals surface area (Å²) in [7, 11) is 0.792. The lowest BCUT2D eigenvalue weighted by atomic mass is 10.1. The zero-order valence-corrected chi connectivity index (χ0v) is 9.49. The molecule has 0 spiro atoms. The van der Waals surface area contributed by atoms with Gasteiger partial charge in [0.2, 0.25) is 0 Å².